The molecular formula is C10H14N2O2S. The number of anilines is 2. The van der Waals surface area contributed by atoms with Crippen LogP contribution in [0.4, 0.5) is 11.4 Å². The van der Waals surface area contributed by atoms with Gasteiger partial charge in [0.1, 0.15) is 0 Å². The van der Waals surface area contributed by atoms with Gasteiger partial charge in [0.15, 0.2) is 0 Å². The van der Waals surface area contributed by atoms with Crippen LogP contribution in [0, 0.1) is 0 Å². The fraction of sp³-hybridized carbons (Fsp3) is 0.400. The van der Waals surface area contributed by atoms with E-state index >= 15 is 0 Å². The molecule has 0 saturated carbocycles. The van der Waals surface area contributed by atoms with Crippen LogP contribution in [0.2, 0.25) is 0 Å². The summed E-state index contributed by atoms with van der Waals surface area (Å²) in [5, 5.41) is 17.7. The summed E-state index contributed by atoms with van der Waals surface area (Å²) in [6.45, 7) is 2.12. The zero-order valence-electron chi connectivity index (χ0n) is 8.33. The molecule has 0 aliphatic carbocycles. The number of hydrogen-bond acceptors (Lipinski definition) is 5. The Labute approximate surface area is 93.0 Å². The lowest BCUT2D eigenvalue weighted by atomic mass is 10.2. The summed E-state index contributed by atoms with van der Waals surface area (Å²) in [7, 11) is 0. The highest BCUT2D eigenvalue weighted by atomic mass is 32.2. The van der Waals surface area contributed by atoms with E-state index in [9.17, 15) is 0 Å². The SMILES string of the molecule is ON(O)c1ccc(N2CCSCC2)cc1. The third-order valence-corrected chi connectivity index (χ3v) is 3.40. The fourth-order valence-electron chi connectivity index (χ4n) is 1.62. The van der Waals surface area contributed by atoms with Gasteiger partial charge in [0, 0.05) is 30.3 Å². The maximum Gasteiger partial charge on any atom is 0.0944 e. The molecule has 1 heterocycles. The van der Waals surface area contributed by atoms with Gasteiger partial charge in [0.25, 0.3) is 0 Å². The first-order valence-corrected chi connectivity index (χ1v) is 6.03. The molecule has 0 unspecified atom stereocenters. The van der Waals surface area contributed by atoms with Crippen molar-refractivity contribution in [1.82, 2.24) is 0 Å². The minimum atomic E-state index is 0.135. The van der Waals surface area contributed by atoms with Crippen molar-refractivity contribution >= 4 is 23.1 Å². The summed E-state index contributed by atoms with van der Waals surface area (Å²) in [6, 6.07) is 7.20. The Morgan fingerprint density at radius 2 is 1.67 bits per heavy atom. The molecule has 0 amide bonds. The van der Waals surface area contributed by atoms with E-state index in [1.165, 1.54) is 0 Å². The van der Waals surface area contributed by atoms with Gasteiger partial charge in [-0.25, -0.2) is 0 Å². The molecule has 0 atom stereocenters. The minimum Gasteiger partial charge on any atom is -0.370 e. The first-order chi connectivity index (χ1) is 7.27. The molecule has 0 bridgehead atoms. The molecule has 1 fully saturated rings. The molecule has 82 valence electrons. The molecule has 0 spiro atoms. The van der Waals surface area contributed by atoms with Crippen LogP contribution >= 0.6 is 11.8 Å². The van der Waals surface area contributed by atoms with E-state index in [0.717, 1.165) is 30.3 Å². The van der Waals surface area contributed by atoms with Gasteiger partial charge in [-0.1, -0.05) is 0 Å². The van der Waals surface area contributed by atoms with Crippen LogP contribution in [0.15, 0.2) is 24.3 Å². The van der Waals surface area contributed by atoms with Gasteiger partial charge in [-0.2, -0.15) is 11.8 Å². The molecule has 5 heteroatoms. The Hall–Kier alpha value is -0.910. The highest BCUT2D eigenvalue weighted by Crippen LogP contribution is 2.22. The van der Waals surface area contributed by atoms with Crippen LogP contribution in [-0.4, -0.2) is 35.0 Å². The minimum absolute atomic E-state index is 0.135. The van der Waals surface area contributed by atoms with Crippen molar-refractivity contribution < 1.29 is 10.4 Å². The third-order valence-electron chi connectivity index (χ3n) is 2.46. The van der Waals surface area contributed by atoms with E-state index in [2.05, 4.69) is 4.90 Å². The van der Waals surface area contributed by atoms with Crippen molar-refractivity contribution in [2.75, 3.05) is 34.7 Å². The molecule has 0 radical (unpaired) electrons. The highest BCUT2D eigenvalue weighted by molar-refractivity contribution is 7.99. The molecule has 1 saturated heterocycles. The Bertz CT molecular complexity index is 310. The zero-order chi connectivity index (χ0) is 10.7. The Balaban J connectivity index is 2.08. The average Bonchev–Trinajstić information content (AvgIpc) is 2.30. The second kappa shape index (κ2) is 4.74. The van der Waals surface area contributed by atoms with Gasteiger partial charge in [-0.05, 0) is 24.3 Å². The van der Waals surface area contributed by atoms with Gasteiger partial charge in [0.05, 0.1) is 5.69 Å². The Morgan fingerprint density at radius 1 is 1.07 bits per heavy atom. The van der Waals surface area contributed by atoms with Crippen molar-refractivity contribution in [3.05, 3.63) is 24.3 Å². The molecule has 1 aromatic carbocycles. The van der Waals surface area contributed by atoms with E-state index in [-0.39, 0.29) is 5.23 Å². The van der Waals surface area contributed by atoms with Crippen LogP contribution < -0.4 is 10.1 Å². The molecule has 2 rings (SSSR count). The van der Waals surface area contributed by atoms with Crippen molar-refractivity contribution in [2.45, 2.75) is 0 Å². The quantitative estimate of drug-likeness (QED) is 0.753. The number of rotatable bonds is 2. The summed E-state index contributed by atoms with van der Waals surface area (Å²) in [5.41, 5.74) is 1.52. The lowest BCUT2D eigenvalue weighted by molar-refractivity contribution is 0.0292. The normalized spacial score (nSPS) is 16.5. The smallest absolute Gasteiger partial charge is 0.0944 e. The molecule has 1 aromatic rings. The van der Waals surface area contributed by atoms with Crippen molar-refractivity contribution in [1.29, 1.82) is 0 Å². The van der Waals surface area contributed by atoms with Crippen molar-refractivity contribution in [3.63, 3.8) is 0 Å². The summed E-state index contributed by atoms with van der Waals surface area (Å²) in [6.07, 6.45) is 0. The molecule has 4 nitrogen and oxygen atoms in total. The molecule has 15 heavy (non-hydrogen) atoms. The predicted molar refractivity (Wildman–Crippen MR) is 62.0 cm³/mol. The highest BCUT2D eigenvalue weighted by Gasteiger charge is 2.11. The van der Waals surface area contributed by atoms with Crippen LogP contribution in [0.3, 0.4) is 0 Å². The van der Waals surface area contributed by atoms with Crippen LogP contribution in [-0.2, 0) is 0 Å². The van der Waals surface area contributed by atoms with Gasteiger partial charge in [0.2, 0.25) is 0 Å². The monoisotopic (exact) mass is 226 g/mol. The fourth-order valence-corrected chi connectivity index (χ4v) is 2.52. The maximum atomic E-state index is 8.80. The number of thioether (sulfide) groups is 1. The number of nitrogens with zero attached hydrogens (tertiary/aromatic N) is 2. The lowest BCUT2D eigenvalue weighted by Gasteiger charge is -2.28. The van der Waals surface area contributed by atoms with E-state index in [1.54, 1.807) is 12.1 Å². The van der Waals surface area contributed by atoms with Gasteiger partial charge in [-0.15, -0.1) is 5.23 Å². The Kier molecular flexibility index (Phi) is 3.35. The summed E-state index contributed by atoms with van der Waals surface area (Å²) in [4.78, 5) is 2.30. The molecular weight excluding hydrogens is 212 g/mol. The van der Waals surface area contributed by atoms with E-state index in [0.29, 0.717) is 5.69 Å². The lowest BCUT2D eigenvalue weighted by Crippen LogP contribution is -2.32. The standard InChI is InChI=1S/C10H14N2O2S/c13-12(14)10-3-1-9(2-4-10)11-5-7-15-8-6-11/h1-4,13-14H,5-8H2. The second-order valence-corrected chi connectivity index (χ2v) is 4.63. The van der Waals surface area contributed by atoms with Gasteiger partial charge in [-0.3, -0.25) is 10.4 Å². The van der Waals surface area contributed by atoms with E-state index < -0.39 is 0 Å². The summed E-state index contributed by atoms with van der Waals surface area (Å²) in [5.74, 6) is 2.32. The summed E-state index contributed by atoms with van der Waals surface area (Å²) >= 11 is 1.97. The molecule has 2 N–H and O–H groups in total. The molecule has 0 aromatic heterocycles. The second-order valence-electron chi connectivity index (χ2n) is 3.41. The number of hydrogen-bond donors (Lipinski definition) is 2. The zero-order valence-corrected chi connectivity index (χ0v) is 9.15. The first-order valence-electron chi connectivity index (χ1n) is 4.88. The number of benzene rings is 1. The van der Waals surface area contributed by atoms with Gasteiger partial charge >= 0.3 is 0 Å². The maximum absolute atomic E-state index is 8.80. The van der Waals surface area contributed by atoms with Gasteiger partial charge < -0.3 is 4.90 Å². The molecule has 1 aliphatic heterocycles. The van der Waals surface area contributed by atoms with Crippen LogP contribution in [0.5, 0.6) is 0 Å². The molecule has 1 aliphatic rings. The first kappa shape index (κ1) is 10.6. The van der Waals surface area contributed by atoms with Crippen molar-refractivity contribution in [3.8, 4) is 0 Å². The topological polar surface area (TPSA) is 46.9 Å². The third kappa shape index (κ3) is 2.56. The largest absolute Gasteiger partial charge is 0.370 e. The van der Waals surface area contributed by atoms with Crippen molar-refractivity contribution in [2.24, 2.45) is 0 Å². The summed E-state index contributed by atoms with van der Waals surface area (Å²) < 4.78 is 0. The van der Waals surface area contributed by atoms with E-state index in [1.807, 2.05) is 23.9 Å². The Morgan fingerprint density at radius 3 is 2.20 bits per heavy atom. The average molecular weight is 226 g/mol. The van der Waals surface area contributed by atoms with E-state index in [4.69, 9.17) is 10.4 Å². The van der Waals surface area contributed by atoms with Crippen LogP contribution in [0.25, 0.3) is 0 Å². The van der Waals surface area contributed by atoms with Crippen LogP contribution in [0.1, 0.15) is 0 Å². The predicted octanol–water partition coefficient (Wildman–Crippen LogP) is 1.82.